The van der Waals surface area contributed by atoms with Gasteiger partial charge in [-0.1, -0.05) is 6.58 Å². The molecule has 0 aliphatic heterocycles. The van der Waals surface area contributed by atoms with Crippen molar-refractivity contribution in [2.45, 2.75) is 12.5 Å². The number of carboxylic acids is 1. The normalized spacial score (nSPS) is 12.5. The zero-order chi connectivity index (χ0) is 7.98. The van der Waals surface area contributed by atoms with Crippen molar-refractivity contribution in [3.05, 3.63) is 12.0 Å². The van der Waals surface area contributed by atoms with Gasteiger partial charge in [0.15, 0.2) is 0 Å². The number of hydrogen-bond acceptors (Lipinski definition) is 3. The molecule has 4 heteroatoms. The van der Waals surface area contributed by atoms with E-state index in [-0.39, 0.29) is 0 Å². The van der Waals surface area contributed by atoms with Crippen LogP contribution in [0.3, 0.4) is 0 Å². The van der Waals surface area contributed by atoms with Crippen LogP contribution in [-0.2, 0) is 4.79 Å². The first kappa shape index (κ1) is 9.52. The topological polar surface area (TPSA) is 63.3 Å². The zero-order valence-corrected chi connectivity index (χ0v) is 6.43. The Balaban J connectivity index is 3.30. The Labute approximate surface area is 64.3 Å². The fourth-order valence-electron chi connectivity index (χ4n) is 0.402. The number of nitrogens with two attached hydrogens (primary N) is 1. The Bertz CT molecular complexity index is 127. The van der Waals surface area contributed by atoms with Crippen molar-refractivity contribution in [3.8, 4) is 0 Å². The number of hydrogen-bond donors (Lipinski definition) is 2. The van der Waals surface area contributed by atoms with Crippen molar-refractivity contribution >= 4 is 17.7 Å². The van der Waals surface area contributed by atoms with Crippen LogP contribution in [0.1, 0.15) is 6.42 Å². The van der Waals surface area contributed by atoms with Gasteiger partial charge in [-0.3, -0.25) is 4.79 Å². The van der Waals surface area contributed by atoms with Gasteiger partial charge in [-0.05, 0) is 17.6 Å². The zero-order valence-electron chi connectivity index (χ0n) is 5.62. The Hall–Kier alpha value is -0.480. The fraction of sp³-hybridized carbons (Fsp3) is 0.500. The van der Waals surface area contributed by atoms with Crippen LogP contribution in [0.25, 0.3) is 0 Å². The average molecular weight is 161 g/mol. The molecule has 0 amide bonds. The van der Waals surface area contributed by atoms with Gasteiger partial charge >= 0.3 is 5.97 Å². The maximum atomic E-state index is 10.1. The standard InChI is InChI=1S/C6H11NO2S/c1-2-10-4-3-5(7)6(8)9/h2,5H,1,3-4,7H2,(H,8,9)/t5-/m0/s1. The second-order valence-corrected chi connectivity index (χ2v) is 2.85. The number of aliphatic carboxylic acids is 1. The van der Waals surface area contributed by atoms with E-state index >= 15 is 0 Å². The van der Waals surface area contributed by atoms with Gasteiger partial charge in [0.25, 0.3) is 0 Å². The van der Waals surface area contributed by atoms with Crippen LogP contribution in [0.2, 0.25) is 0 Å². The molecule has 0 heterocycles. The third kappa shape index (κ3) is 4.40. The summed E-state index contributed by atoms with van der Waals surface area (Å²) in [5, 5.41) is 10.00. The van der Waals surface area contributed by atoms with Gasteiger partial charge < -0.3 is 10.8 Å². The first-order chi connectivity index (χ1) is 4.68. The molecule has 10 heavy (non-hydrogen) atoms. The van der Waals surface area contributed by atoms with Crippen molar-refractivity contribution < 1.29 is 9.90 Å². The van der Waals surface area contributed by atoms with E-state index in [1.165, 1.54) is 11.8 Å². The first-order valence-electron chi connectivity index (χ1n) is 2.89. The van der Waals surface area contributed by atoms with E-state index < -0.39 is 12.0 Å². The van der Waals surface area contributed by atoms with Gasteiger partial charge in [0.05, 0.1) is 0 Å². The van der Waals surface area contributed by atoms with Gasteiger partial charge in [0.2, 0.25) is 0 Å². The minimum atomic E-state index is -0.940. The molecule has 0 spiro atoms. The monoisotopic (exact) mass is 161 g/mol. The van der Waals surface area contributed by atoms with E-state index in [0.717, 1.165) is 5.75 Å². The van der Waals surface area contributed by atoms with Crippen molar-refractivity contribution in [1.82, 2.24) is 0 Å². The smallest absolute Gasteiger partial charge is 0.320 e. The van der Waals surface area contributed by atoms with E-state index in [2.05, 4.69) is 6.58 Å². The molecule has 58 valence electrons. The Morgan fingerprint density at radius 3 is 2.90 bits per heavy atom. The quantitative estimate of drug-likeness (QED) is 0.581. The van der Waals surface area contributed by atoms with Crippen molar-refractivity contribution in [2.75, 3.05) is 5.75 Å². The lowest BCUT2D eigenvalue weighted by Crippen LogP contribution is -2.30. The second-order valence-electron chi connectivity index (χ2n) is 1.77. The molecule has 0 aliphatic carbocycles. The minimum absolute atomic E-state index is 0.492. The highest BCUT2D eigenvalue weighted by molar-refractivity contribution is 8.02. The lowest BCUT2D eigenvalue weighted by atomic mass is 10.2. The molecule has 0 unspecified atom stereocenters. The third-order valence-corrected chi connectivity index (χ3v) is 1.69. The molecular formula is C6H11NO2S. The van der Waals surface area contributed by atoms with Crippen molar-refractivity contribution in [3.63, 3.8) is 0 Å². The molecule has 0 rings (SSSR count). The first-order valence-corrected chi connectivity index (χ1v) is 3.94. The fourth-order valence-corrected chi connectivity index (χ4v) is 0.959. The van der Waals surface area contributed by atoms with Gasteiger partial charge in [-0.15, -0.1) is 11.8 Å². The summed E-state index contributed by atoms with van der Waals surface area (Å²) in [6, 6.07) is -0.729. The van der Waals surface area contributed by atoms with Crippen LogP contribution in [0.5, 0.6) is 0 Å². The highest BCUT2D eigenvalue weighted by atomic mass is 32.2. The minimum Gasteiger partial charge on any atom is -0.480 e. The van der Waals surface area contributed by atoms with Crippen LogP contribution < -0.4 is 5.73 Å². The van der Waals surface area contributed by atoms with Gasteiger partial charge in [0, 0.05) is 0 Å². The summed E-state index contributed by atoms with van der Waals surface area (Å²) in [6.45, 7) is 3.48. The SMILES string of the molecule is C=CSCC[C@H](N)C(=O)O. The Kier molecular flexibility index (Phi) is 5.06. The van der Waals surface area contributed by atoms with E-state index in [9.17, 15) is 4.79 Å². The number of carbonyl (C=O) groups is 1. The molecular weight excluding hydrogens is 150 g/mol. The molecule has 3 N–H and O–H groups in total. The van der Waals surface area contributed by atoms with Gasteiger partial charge in [0.1, 0.15) is 6.04 Å². The lowest BCUT2D eigenvalue weighted by molar-refractivity contribution is -0.138. The molecule has 3 nitrogen and oxygen atoms in total. The molecule has 0 fully saturated rings. The maximum Gasteiger partial charge on any atom is 0.320 e. The van der Waals surface area contributed by atoms with Crippen molar-refractivity contribution in [1.29, 1.82) is 0 Å². The maximum absolute atomic E-state index is 10.1. The van der Waals surface area contributed by atoms with Crippen LogP contribution in [0.4, 0.5) is 0 Å². The van der Waals surface area contributed by atoms with E-state index in [1.807, 2.05) is 0 Å². The molecule has 0 saturated carbocycles. The number of carboxylic acid groups (broad SMARTS) is 1. The molecule has 0 aromatic rings. The Morgan fingerprint density at radius 1 is 1.90 bits per heavy atom. The molecule has 0 aromatic heterocycles. The highest BCUT2D eigenvalue weighted by Gasteiger charge is 2.09. The molecule has 0 aliphatic rings. The van der Waals surface area contributed by atoms with E-state index in [4.69, 9.17) is 10.8 Å². The van der Waals surface area contributed by atoms with E-state index in [1.54, 1.807) is 5.41 Å². The number of rotatable bonds is 5. The summed E-state index contributed by atoms with van der Waals surface area (Å²) < 4.78 is 0. The predicted octanol–water partition coefficient (Wildman–Crippen LogP) is 0.665. The molecule has 0 radical (unpaired) electrons. The van der Waals surface area contributed by atoms with Gasteiger partial charge in [-0.2, -0.15) is 0 Å². The van der Waals surface area contributed by atoms with Crippen LogP contribution in [-0.4, -0.2) is 22.9 Å². The summed E-state index contributed by atoms with van der Waals surface area (Å²) in [6.07, 6.45) is 0.492. The van der Waals surface area contributed by atoms with Gasteiger partial charge in [-0.25, -0.2) is 0 Å². The largest absolute Gasteiger partial charge is 0.480 e. The summed E-state index contributed by atoms with van der Waals surface area (Å²) in [5.41, 5.74) is 5.21. The average Bonchev–Trinajstić information content (AvgIpc) is 1.88. The lowest BCUT2D eigenvalue weighted by Gasteiger charge is -2.02. The molecule has 0 bridgehead atoms. The molecule has 0 saturated heterocycles. The highest BCUT2D eigenvalue weighted by Crippen LogP contribution is 2.03. The summed E-state index contributed by atoms with van der Waals surface area (Å²) in [4.78, 5) is 10.1. The van der Waals surface area contributed by atoms with Crippen LogP contribution in [0, 0.1) is 0 Å². The molecule has 0 aromatic carbocycles. The Morgan fingerprint density at radius 2 is 2.50 bits per heavy atom. The summed E-state index contributed by atoms with van der Waals surface area (Å²) in [5.74, 6) is -0.221. The van der Waals surface area contributed by atoms with Crippen LogP contribution in [0.15, 0.2) is 12.0 Å². The third-order valence-electron chi connectivity index (χ3n) is 0.982. The number of thioether (sulfide) groups is 1. The van der Waals surface area contributed by atoms with E-state index in [0.29, 0.717) is 6.42 Å². The predicted molar refractivity (Wildman–Crippen MR) is 42.9 cm³/mol. The molecule has 1 atom stereocenters. The second kappa shape index (κ2) is 5.32. The summed E-state index contributed by atoms with van der Waals surface area (Å²) >= 11 is 1.47. The summed E-state index contributed by atoms with van der Waals surface area (Å²) in [7, 11) is 0. The van der Waals surface area contributed by atoms with Crippen molar-refractivity contribution in [2.24, 2.45) is 5.73 Å². The van der Waals surface area contributed by atoms with Crippen LogP contribution >= 0.6 is 11.8 Å².